The van der Waals surface area contributed by atoms with Crippen LogP contribution in [0.15, 0.2) is 28.0 Å². The Morgan fingerprint density at radius 2 is 2.00 bits per heavy atom. The van der Waals surface area contributed by atoms with Crippen LogP contribution in [0.4, 0.5) is 5.82 Å². The minimum atomic E-state index is -0.208. The van der Waals surface area contributed by atoms with E-state index in [2.05, 4.69) is 4.90 Å². The van der Waals surface area contributed by atoms with Crippen molar-refractivity contribution in [2.24, 2.45) is 0 Å². The summed E-state index contributed by atoms with van der Waals surface area (Å²) in [5.41, 5.74) is 1.70. The van der Waals surface area contributed by atoms with Crippen LogP contribution in [0, 0.1) is 6.92 Å². The first-order valence-electron chi connectivity index (χ1n) is 11.6. The van der Waals surface area contributed by atoms with Gasteiger partial charge in [-0.1, -0.05) is 30.0 Å². The quantitative estimate of drug-likeness (QED) is 0.469. The van der Waals surface area contributed by atoms with E-state index in [9.17, 15) is 9.59 Å². The molecule has 10 heteroatoms. The van der Waals surface area contributed by atoms with Crippen molar-refractivity contribution in [2.75, 3.05) is 31.1 Å². The number of thiocarbonyl (C=S) groups is 1. The predicted octanol–water partition coefficient (Wildman–Crippen LogP) is 3.00. The molecule has 3 aliphatic rings. The first kappa shape index (κ1) is 23.5. The number of aromatic nitrogens is 2. The lowest BCUT2D eigenvalue weighted by Gasteiger charge is -2.36. The number of anilines is 1. The minimum absolute atomic E-state index is 0.000471. The minimum Gasteiger partial charge on any atom is -0.376 e. The van der Waals surface area contributed by atoms with Gasteiger partial charge in [-0.05, 0) is 51.3 Å². The third-order valence-corrected chi connectivity index (χ3v) is 7.64. The Morgan fingerprint density at radius 3 is 2.71 bits per heavy atom. The first-order valence-corrected chi connectivity index (χ1v) is 12.8. The second-order valence-electron chi connectivity index (χ2n) is 9.18. The summed E-state index contributed by atoms with van der Waals surface area (Å²) in [6.45, 7) is 8.33. The van der Waals surface area contributed by atoms with E-state index < -0.39 is 0 Å². The van der Waals surface area contributed by atoms with E-state index in [0.717, 1.165) is 18.4 Å². The monoisotopic (exact) mass is 500 g/mol. The number of amides is 1. The molecular formula is C24H28N4O4S2. The Labute approximate surface area is 207 Å². The number of rotatable bonds is 4. The highest BCUT2D eigenvalue weighted by atomic mass is 32.2. The number of hydrogen-bond acceptors (Lipinski definition) is 8. The van der Waals surface area contributed by atoms with Crippen molar-refractivity contribution in [1.29, 1.82) is 0 Å². The van der Waals surface area contributed by atoms with E-state index in [1.165, 1.54) is 11.8 Å². The lowest BCUT2D eigenvalue weighted by molar-refractivity contribution is -0.123. The van der Waals surface area contributed by atoms with Crippen LogP contribution < -0.4 is 10.5 Å². The average Bonchev–Trinajstić information content (AvgIpc) is 3.39. The number of ether oxygens (including phenoxy) is 2. The fourth-order valence-electron chi connectivity index (χ4n) is 4.75. The molecule has 0 radical (unpaired) electrons. The highest BCUT2D eigenvalue weighted by Gasteiger charge is 2.35. The smallest absolute Gasteiger partial charge is 0.267 e. The number of morpholine rings is 1. The number of carbonyl (C=O) groups excluding carboxylic acids is 1. The maximum absolute atomic E-state index is 13.7. The zero-order valence-corrected chi connectivity index (χ0v) is 21.2. The van der Waals surface area contributed by atoms with Crippen LogP contribution in [0.3, 0.4) is 0 Å². The average molecular weight is 501 g/mol. The summed E-state index contributed by atoms with van der Waals surface area (Å²) in [6, 6.07) is 3.78. The number of hydrogen-bond donors (Lipinski definition) is 0. The number of aryl methyl sites for hydroxylation is 1. The van der Waals surface area contributed by atoms with Gasteiger partial charge in [-0.2, -0.15) is 0 Å². The molecular weight excluding hydrogens is 472 g/mol. The van der Waals surface area contributed by atoms with Gasteiger partial charge in [-0.3, -0.25) is 18.9 Å². The zero-order valence-electron chi connectivity index (χ0n) is 19.5. The molecule has 34 heavy (non-hydrogen) atoms. The van der Waals surface area contributed by atoms with E-state index in [-0.39, 0.29) is 29.8 Å². The largest absolute Gasteiger partial charge is 0.376 e. The van der Waals surface area contributed by atoms with Gasteiger partial charge in [0, 0.05) is 25.9 Å². The molecule has 8 nitrogen and oxygen atoms in total. The summed E-state index contributed by atoms with van der Waals surface area (Å²) in [6.07, 6.45) is 5.36. The van der Waals surface area contributed by atoms with E-state index in [1.54, 1.807) is 21.6 Å². The van der Waals surface area contributed by atoms with Crippen LogP contribution in [-0.4, -0.2) is 69.1 Å². The topological polar surface area (TPSA) is 76.4 Å². The molecule has 5 rings (SSSR count). The van der Waals surface area contributed by atoms with Gasteiger partial charge in [-0.15, -0.1) is 0 Å². The van der Waals surface area contributed by atoms with Gasteiger partial charge in [0.25, 0.3) is 11.5 Å². The fourth-order valence-corrected chi connectivity index (χ4v) is 6.00. The van der Waals surface area contributed by atoms with Gasteiger partial charge in [0.15, 0.2) is 0 Å². The number of fused-ring (bicyclic) bond motifs is 1. The Morgan fingerprint density at radius 1 is 1.24 bits per heavy atom. The maximum Gasteiger partial charge on any atom is 0.267 e. The van der Waals surface area contributed by atoms with E-state index in [1.807, 2.05) is 32.9 Å². The van der Waals surface area contributed by atoms with Crippen molar-refractivity contribution in [1.82, 2.24) is 14.3 Å². The van der Waals surface area contributed by atoms with Gasteiger partial charge in [0.05, 0.1) is 35.3 Å². The Kier molecular flexibility index (Phi) is 6.49. The van der Waals surface area contributed by atoms with Crippen molar-refractivity contribution < 1.29 is 14.3 Å². The van der Waals surface area contributed by atoms with Gasteiger partial charge in [-0.25, -0.2) is 4.98 Å². The Bertz CT molecular complexity index is 1230. The third-order valence-electron chi connectivity index (χ3n) is 6.26. The van der Waals surface area contributed by atoms with Gasteiger partial charge in [0.1, 0.15) is 15.8 Å². The fraction of sp³-hybridized carbons (Fsp3) is 0.500. The summed E-state index contributed by atoms with van der Waals surface area (Å²) >= 11 is 6.73. The van der Waals surface area contributed by atoms with Crippen molar-refractivity contribution in [3.05, 3.63) is 44.7 Å². The van der Waals surface area contributed by atoms with Crippen LogP contribution in [-0.2, 0) is 14.3 Å². The summed E-state index contributed by atoms with van der Waals surface area (Å²) < 4.78 is 13.6. The third kappa shape index (κ3) is 4.51. The number of carbonyl (C=O) groups is 1. The number of pyridine rings is 1. The standard InChI is InChI=1S/C24H28N4O4S2/c1-14-6-7-20-25-21(26-11-15(2)32-16(3)12-26)18(22(29)27(20)10-14)9-19-23(30)28(24(33)34-19)13-17-5-4-8-31-17/h6-7,9-10,15-17H,4-5,8,11-13H2,1-3H3/b19-9-/t15-,16-,17-/m1/s1. The van der Waals surface area contributed by atoms with Crippen LogP contribution in [0.5, 0.6) is 0 Å². The molecule has 3 aliphatic heterocycles. The Balaban J connectivity index is 1.58. The molecule has 1 amide bonds. The molecule has 0 aromatic carbocycles. The SMILES string of the molecule is Cc1ccc2nc(N3C[C@@H](C)O[C@H](C)C3)c(/C=C3\SC(=S)N(C[C@H]4CCCO4)C3=O)c(=O)n2c1. The van der Waals surface area contributed by atoms with Crippen molar-refractivity contribution in [2.45, 2.75) is 51.9 Å². The molecule has 2 aromatic rings. The molecule has 0 unspecified atom stereocenters. The molecule has 3 atom stereocenters. The van der Waals surface area contributed by atoms with Gasteiger partial charge < -0.3 is 14.4 Å². The van der Waals surface area contributed by atoms with Gasteiger partial charge >= 0.3 is 0 Å². The highest BCUT2D eigenvalue weighted by molar-refractivity contribution is 8.26. The lowest BCUT2D eigenvalue weighted by Crippen LogP contribution is -2.46. The normalized spacial score (nSPS) is 26.9. The Hall–Kier alpha value is -2.27. The zero-order chi connectivity index (χ0) is 24.0. The van der Waals surface area contributed by atoms with Crippen LogP contribution in [0.2, 0.25) is 0 Å². The second kappa shape index (κ2) is 9.41. The molecule has 0 aliphatic carbocycles. The molecule has 0 spiro atoms. The molecule has 5 heterocycles. The van der Waals surface area contributed by atoms with Crippen LogP contribution in [0.1, 0.15) is 37.8 Å². The molecule has 180 valence electrons. The van der Waals surface area contributed by atoms with Crippen molar-refractivity contribution >= 4 is 51.7 Å². The summed E-state index contributed by atoms with van der Waals surface area (Å²) in [7, 11) is 0. The molecule has 0 bridgehead atoms. The maximum atomic E-state index is 13.7. The number of nitrogens with zero attached hydrogens (tertiary/aromatic N) is 4. The summed E-state index contributed by atoms with van der Waals surface area (Å²) in [5.74, 6) is 0.383. The van der Waals surface area contributed by atoms with E-state index in [0.29, 0.717) is 52.5 Å². The molecule has 0 N–H and O–H groups in total. The summed E-state index contributed by atoms with van der Waals surface area (Å²) in [4.78, 5) is 35.9. The van der Waals surface area contributed by atoms with E-state index in [4.69, 9.17) is 26.7 Å². The van der Waals surface area contributed by atoms with E-state index >= 15 is 0 Å². The second-order valence-corrected chi connectivity index (χ2v) is 10.9. The molecule has 0 saturated carbocycles. The van der Waals surface area contributed by atoms with Crippen molar-refractivity contribution in [3.63, 3.8) is 0 Å². The molecule has 2 aromatic heterocycles. The van der Waals surface area contributed by atoms with Crippen LogP contribution in [0.25, 0.3) is 11.7 Å². The molecule has 3 fully saturated rings. The molecule has 3 saturated heterocycles. The first-order chi connectivity index (χ1) is 16.3. The predicted molar refractivity (Wildman–Crippen MR) is 137 cm³/mol. The van der Waals surface area contributed by atoms with Gasteiger partial charge in [0.2, 0.25) is 0 Å². The number of thioether (sulfide) groups is 1. The van der Waals surface area contributed by atoms with Crippen LogP contribution >= 0.6 is 24.0 Å². The summed E-state index contributed by atoms with van der Waals surface area (Å²) in [5, 5.41) is 0. The van der Waals surface area contributed by atoms with Crippen molar-refractivity contribution in [3.8, 4) is 0 Å². The highest BCUT2D eigenvalue weighted by Crippen LogP contribution is 2.34. The lowest BCUT2D eigenvalue weighted by atomic mass is 10.1.